The lowest BCUT2D eigenvalue weighted by atomic mass is 10.1. The van der Waals surface area contributed by atoms with Crippen molar-refractivity contribution in [3.8, 4) is 11.1 Å². The van der Waals surface area contributed by atoms with Crippen molar-refractivity contribution >= 4 is 17.4 Å². The van der Waals surface area contributed by atoms with Crippen LogP contribution in [-0.4, -0.2) is 9.97 Å². The second kappa shape index (κ2) is 3.87. The van der Waals surface area contributed by atoms with Crippen molar-refractivity contribution in [2.75, 3.05) is 5.73 Å². The highest BCUT2D eigenvalue weighted by molar-refractivity contribution is 6.30. The minimum absolute atomic E-state index is 0.477. The number of aryl methyl sites for hydroxylation is 1. The van der Waals surface area contributed by atoms with Gasteiger partial charge in [0.1, 0.15) is 11.6 Å². The summed E-state index contributed by atoms with van der Waals surface area (Å²) >= 11 is 5.90. The largest absolute Gasteiger partial charge is 0.383 e. The van der Waals surface area contributed by atoms with E-state index in [0.717, 1.165) is 11.1 Å². The van der Waals surface area contributed by atoms with Crippen LogP contribution in [0.4, 0.5) is 5.82 Å². The van der Waals surface area contributed by atoms with Crippen LogP contribution in [0.1, 0.15) is 5.82 Å². The van der Waals surface area contributed by atoms with Gasteiger partial charge in [0.25, 0.3) is 0 Å². The van der Waals surface area contributed by atoms with Crippen LogP contribution < -0.4 is 5.73 Å². The van der Waals surface area contributed by atoms with Gasteiger partial charge in [0.05, 0.1) is 0 Å². The molecule has 76 valence electrons. The number of nitrogens with zero attached hydrogens (tertiary/aromatic N) is 2. The Bertz CT molecular complexity index is 497. The van der Waals surface area contributed by atoms with Crippen LogP contribution in [0, 0.1) is 6.92 Å². The van der Waals surface area contributed by atoms with E-state index in [9.17, 15) is 0 Å². The predicted molar refractivity (Wildman–Crippen MR) is 61.6 cm³/mol. The average molecular weight is 220 g/mol. The van der Waals surface area contributed by atoms with Crippen LogP contribution in [0.25, 0.3) is 11.1 Å². The summed E-state index contributed by atoms with van der Waals surface area (Å²) in [7, 11) is 0. The molecule has 1 aromatic carbocycles. The minimum Gasteiger partial charge on any atom is -0.383 e. The van der Waals surface area contributed by atoms with Crippen molar-refractivity contribution in [2.24, 2.45) is 0 Å². The summed E-state index contributed by atoms with van der Waals surface area (Å²) in [6.07, 6.45) is 1.71. The molecule has 2 rings (SSSR count). The zero-order valence-corrected chi connectivity index (χ0v) is 8.99. The number of benzene rings is 1. The molecule has 2 N–H and O–H groups in total. The van der Waals surface area contributed by atoms with Crippen molar-refractivity contribution in [1.29, 1.82) is 0 Å². The molecule has 2 aromatic rings. The SMILES string of the molecule is Cc1ncc(-c2cccc(Cl)c2)c(N)n1. The van der Waals surface area contributed by atoms with Crippen molar-refractivity contribution in [2.45, 2.75) is 6.92 Å². The third-order valence-electron chi connectivity index (χ3n) is 2.07. The fourth-order valence-corrected chi connectivity index (χ4v) is 1.56. The van der Waals surface area contributed by atoms with Crippen LogP contribution in [0.15, 0.2) is 30.5 Å². The molecule has 0 saturated carbocycles. The Morgan fingerprint density at radius 2 is 2.13 bits per heavy atom. The van der Waals surface area contributed by atoms with Crippen molar-refractivity contribution in [3.63, 3.8) is 0 Å². The Morgan fingerprint density at radius 3 is 2.80 bits per heavy atom. The summed E-state index contributed by atoms with van der Waals surface area (Å²) < 4.78 is 0. The van der Waals surface area contributed by atoms with Crippen LogP contribution in [0.3, 0.4) is 0 Å². The van der Waals surface area contributed by atoms with Gasteiger partial charge in [0.15, 0.2) is 0 Å². The second-order valence-electron chi connectivity index (χ2n) is 3.23. The lowest BCUT2D eigenvalue weighted by Crippen LogP contribution is -1.98. The number of nitrogens with two attached hydrogens (primary N) is 1. The summed E-state index contributed by atoms with van der Waals surface area (Å²) in [6, 6.07) is 7.45. The first kappa shape index (κ1) is 9.93. The number of hydrogen-bond donors (Lipinski definition) is 1. The topological polar surface area (TPSA) is 51.8 Å². The monoisotopic (exact) mass is 219 g/mol. The van der Waals surface area contributed by atoms with Gasteiger partial charge < -0.3 is 5.73 Å². The Kier molecular flexibility index (Phi) is 2.56. The van der Waals surface area contributed by atoms with E-state index in [1.807, 2.05) is 24.3 Å². The molecule has 0 aliphatic heterocycles. The first-order chi connectivity index (χ1) is 7.16. The van der Waals surface area contributed by atoms with Crippen LogP contribution in [-0.2, 0) is 0 Å². The molecule has 0 radical (unpaired) electrons. The first-order valence-corrected chi connectivity index (χ1v) is 4.89. The number of hydrogen-bond acceptors (Lipinski definition) is 3. The molecule has 3 nitrogen and oxygen atoms in total. The third kappa shape index (κ3) is 2.07. The highest BCUT2D eigenvalue weighted by Gasteiger charge is 2.04. The Balaban J connectivity index is 2.54. The van der Waals surface area contributed by atoms with Gasteiger partial charge in [0.2, 0.25) is 0 Å². The average Bonchev–Trinajstić information content (AvgIpc) is 2.17. The lowest BCUT2D eigenvalue weighted by molar-refractivity contribution is 1.06. The normalized spacial score (nSPS) is 10.3. The molecule has 0 unspecified atom stereocenters. The molecule has 1 aromatic heterocycles. The number of aromatic nitrogens is 2. The van der Waals surface area contributed by atoms with Crippen molar-refractivity contribution in [1.82, 2.24) is 9.97 Å². The molecule has 4 heteroatoms. The Morgan fingerprint density at radius 1 is 1.33 bits per heavy atom. The zero-order valence-electron chi connectivity index (χ0n) is 8.24. The Labute approximate surface area is 92.9 Å². The number of anilines is 1. The smallest absolute Gasteiger partial charge is 0.135 e. The van der Waals surface area contributed by atoms with Crippen molar-refractivity contribution < 1.29 is 0 Å². The molecule has 1 heterocycles. The van der Waals surface area contributed by atoms with Gasteiger partial charge in [-0.15, -0.1) is 0 Å². The third-order valence-corrected chi connectivity index (χ3v) is 2.31. The highest BCUT2D eigenvalue weighted by Crippen LogP contribution is 2.25. The van der Waals surface area contributed by atoms with Gasteiger partial charge in [-0.3, -0.25) is 0 Å². The van der Waals surface area contributed by atoms with E-state index in [-0.39, 0.29) is 0 Å². The fourth-order valence-electron chi connectivity index (χ4n) is 1.37. The standard InChI is InChI=1S/C11H10ClN3/c1-7-14-6-10(11(13)15-7)8-3-2-4-9(12)5-8/h2-6H,1H3,(H2,13,14,15). The molecule has 0 aliphatic carbocycles. The molecule has 0 saturated heterocycles. The maximum absolute atomic E-state index is 5.90. The summed E-state index contributed by atoms with van der Waals surface area (Å²) in [6.45, 7) is 1.80. The lowest BCUT2D eigenvalue weighted by Gasteiger charge is -2.05. The van der Waals surface area contributed by atoms with Crippen LogP contribution in [0.2, 0.25) is 5.02 Å². The number of nitrogen functional groups attached to an aromatic ring is 1. The summed E-state index contributed by atoms with van der Waals surface area (Å²) in [5, 5.41) is 0.674. The van der Waals surface area contributed by atoms with Crippen molar-refractivity contribution in [3.05, 3.63) is 41.3 Å². The van der Waals surface area contributed by atoms with E-state index in [0.29, 0.717) is 16.7 Å². The molecule has 0 bridgehead atoms. The van der Waals surface area contributed by atoms with E-state index in [1.165, 1.54) is 0 Å². The van der Waals surface area contributed by atoms with E-state index >= 15 is 0 Å². The van der Waals surface area contributed by atoms with Gasteiger partial charge in [-0.25, -0.2) is 9.97 Å². The summed E-state index contributed by atoms with van der Waals surface area (Å²) in [5.41, 5.74) is 7.55. The fraction of sp³-hybridized carbons (Fsp3) is 0.0909. The van der Waals surface area contributed by atoms with Crippen LogP contribution in [0.5, 0.6) is 0 Å². The predicted octanol–water partition coefficient (Wildman–Crippen LogP) is 2.69. The molecule has 0 fully saturated rings. The molecular formula is C11H10ClN3. The quantitative estimate of drug-likeness (QED) is 0.802. The second-order valence-corrected chi connectivity index (χ2v) is 3.66. The van der Waals surface area contributed by atoms with E-state index in [2.05, 4.69) is 9.97 Å². The zero-order chi connectivity index (χ0) is 10.8. The van der Waals surface area contributed by atoms with Gasteiger partial charge >= 0.3 is 0 Å². The van der Waals surface area contributed by atoms with Gasteiger partial charge in [-0.1, -0.05) is 23.7 Å². The molecule has 0 aliphatic rings. The summed E-state index contributed by atoms with van der Waals surface area (Å²) in [5.74, 6) is 1.14. The van der Waals surface area contributed by atoms with E-state index in [1.54, 1.807) is 13.1 Å². The summed E-state index contributed by atoms with van der Waals surface area (Å²) in [4.78, 5) is 8.22. The van der Waals surface area contributed by atoms with Gasteiger partial charge in [-0.05, 0) is 24.6 Å². The maximum Gasteiger partial charge on any atom is 0.135 e. The minimum atomic E-state index is 0.477. The van der Waals surface area contributed by atoms with E-state index < -0.39 is 0 Å². The van der Waals surface area contributed by atoms with Crippen LogP contribution >= 0.6 is 11.6 Å². The highest BCUT2D eigenvalue weighted by atomic mass is 35.5. The first-order valence-electron chi connectivity index (χ1n) is 4.52. The number of halogens is 1. The Hall–Kier alpha value is -1.61. The maximum atomic E-state index is 5.90. The molecular weight excluding hydrogens is 210 g/mol. The van der Waals surface area contributed by atoms with Gasteiger partial charge in [0, 0.05) is 16.8 Å². The van der Waals surface area contributed by atoms with E-state index in [4.69, 9.17) is 17.3 Å². The molecule has 15 heavy (non-hydrogen) atoms. The number of rotatable bonds is 1. The van der Waals surface area contributed by atoms with Gasteiger partial charge in [-0.2, -0.15) is 0 Å². The molecule has 0 atom stereocenters. The molecule has 0 spiro atoms. The molecule has 0 amide bonds.